The van der Waals surface area contributed by atoms with Crippen molar-refractivity contribution in [1.29, 1.82) is 0 Å². The number of aromatic nitrogens is 1. The molecular weight excluding hydrogens is 396 g/mol. The molecule has 0 bridgehead atoms. The number of piperazine rings is 1. The Hall–Kier alpha value is -2.52. The van der Waals surface area contributed by atoms with Crippen LogP contribution in [-0.4, -0.2) is 59.4 Å². The van der Waals surface area contributed by atoms with Crippen molar-refractivity contribution in [2.45, 2.75) is 43.9 Å². The van der Waals surface area contributed by atoms with Gasteiger partial charge < -0.3 is 19.7 Å². The summed E-state index contributed by atoms with van der Waals surface area (Å²) in [6, 6.07) is 3.58. The first kappa shape index (κ1) is 19.4. The van der Waals surface area contributed by atoms with Gasteiger partial charge in [-0.1, -0.05) is 6.07 Å². The van der Waals surface area contributed by atoms with E-state index in [-0.39, 0.29) is 34.2 Å². The summed E-state index contributed by atoms with van der Waals surface area (Å²) in [5, 5.41) is 12.9. The molecule has 7 nitrogen and oxygen atoms in total. The number of carboxylic acids is 1. The lowest BCUT2D eigenvalue weighted by Crippen LogP contribution is -2.47. The number of hydrogen-bond acceptors (Lipinski definition) is 5. The van der Waals surface area contributed by atoms with Crippen molar-refractivity contribution in [2.75, 3.05) is 26.2 Å². The van der Waals surface area contributed by atoms with Gasteiger partial charge in [-0.15, -0.1) is 0 Å². The second-order valence-electron chi connectivity index (χ2n) is 8.36. The molecule has 9 heteroatoms. The van der Waals surface area contributed by atoms with Gasteiger partial charge in [-0.2, -0.15) is 8.78 Å². The molecule has 2 atom stereocenters. The van der Waals surface area contributed by atoms with Gasteiger partial charge in [0.2, 0.25) is 5.43 Å². The maximum Gasteiger partial charge on any atom is 0.387 e. The zero-order valence-electron chi connectivity index (χ0n) is 16.3. The minimum absolute atomic E-state index is 0.00922. The Morgan fingerprint density at radius 3 is 2.73 bits per heavy atom. The van der Waals surface area contributed by atoms with E-state index in [2.05, 4.69) is 10.2 Å². The van der Waals surface area contributed by atoms with Crippen LogP contribution in [0.4, 0.5) is 8.78 Å². The van der Waals surface area contributed by atoms with Gasteiger partial charge in [-0.25, -0.2) is 4.79 Å². The average Bonchev–Trinajstić information content (AvgIpc) is 3.46. The molecule has 5 rings (SSSR count). The van der Waals surface area contributed by atoms with Crippen LogP contribution in [0.3, 0.4) is 0 Å². The van der Waals surface area contributed by atoms with E-state index in [9.17, 15) is 23.5 Å². The fourth-order valence-corrected chi connectivity index (χ4v) is 4.95. The van der Waals surface area contributed by atoms with Gasteiger partial charge in [0.25, 0.3) is 0 Å². The molecule has 2 N–H and O–H groups in total. The average molecular weight is 419 g/mol. The standard InChI is InChI=1S/C21H23F2N3O4/c22-21(23)30-19-14(11-7-13-8-24-5-6-25(13)9-11)3-4-15-17(19)26(12-1-2-12)10-16(18(15)27)20(28)29/h3-4,10-13,21,24H,1-2,5-9H2,(H,28,29). The van der Waals surface area contributed by atoms with Gasteiger partial charge in [0.15, 0.2) is 5.75 Å². The van der Waals surface area contributed by atoms with Crippen LogP contribution in [-0.2, 0) is 0 Å². The molecule has 1 aromatic carbocycles. The Labute approximate surface area is 171 Å². The number of carbonyl (C=O) groups is 1. The molecule has 2 unspecified atom stereocenters. The monoisotopic (exact) mass is 419 g/mol. The zero-order valence-corrected chi connectivity index (χ0v) is 16.3. The maximum absolute atomic E-state index is 13.4. The number of ether oxygens (including phenoxy) is 1. The van der Waals surface area contributed by atoms with Gasteiger partial charge in [0.1, 0.15) is 5.56 Å². The summed E-state index contributed by atoms with van der Waals surface area (Å²) < 4.78 is 33.6. The fraction of sp³-hybridized carbons (Fsp3) is 0.524. The number of carboxylic acid groups (broad SMARTS) is 1. The lowest BCUT2D eigenvalue weighted by atomic mass is 9.93. The van der Waals surface area contributed by atoms with E-state index in [1.54, 1.807) is 16.7 Å². The summed E-state index contributed by atoms with van der Waals surface area (Å²) in [5.74, 6) is -1.30. The van der Waals surface area contributed by atoms with Gasteiger partial charge >= 0.3 is 12.6 Å². The third kappa shape index (κ3) is 3.26. The Balaban J connectivity index is 1.70. The van der Waals surface area contributed by atoms with Crippen LogP contribution in [0.1, 0.15) is 47.1 Å². The topological polar surface area (TPSA) is 83.8 Å². The summed E-state index contributed by atoms with van der Waals surface area (Å²) in [7, 11) is 0. The smallest absolute Gasteiger partial charge is 0.387 e. The molecule has 2 aromatic rings. The number of hydrogen-bond donors (Lipinski definition) is 2. The number of halogens is 2. The number of pyridine rings is 1. The number of rotatable bonds is 5. The quantitative estimate of drug-likeness (QED) is 0.775. The summed E-state index contributed by atoms with van der Waals surface area (Å²) >= 11 is 0. The predicted octanol–water partition coefficient (Wildman–Crippen LogP) is 2.40. The van der Waals surface area contributed by atoms with Crippen molar-refractivity contribution < 1.29 is 23.4 Å². The van der Waals surface area contributed by atoms with Gasteiger partial charge in [-0.05, 0) is 25.3 Å². The molecule has 2 saturated heterocycles. The number of nitrogens with zero attached hydrogens (tertiary/aromatic N) is 2. The van der Waals surface area contributed by atoms with Crippen LogP contribution in [0.2, 0.25) is 0 Å². The predicted molar refractivity (Wildman–Crippen MR) is 106 cm³/mol. The summed E-state index contributed by atoms with van der Waals surface area (Å²) in [6.07, 6.45) is 3.72. The van der Waals surface area contributed by atoms with Crippen molar-refractivity contribution in [2.24, 2.45) is 0 Å². The van der Waals surface area contributed by atoms with Crippen LogP contribution in [0.25, 0.3) is 10.9 Å². The molecule has 1 saturated carbocycles. The first-order chi connectivity index (χ1) is 14.4. The lowest BCUT2D eigenvalue weighted by molar-refractivity contribution is -0.0498. The Bertz CT molecular complexity index is 1050. The first-order valence-electron chi connectivity index (χ1n) is 10.3. The van der Waals surface area contributed by atoms with Gasteiger partial charge in [-0.3, -0.25) is 9.69 Å². The highest BCUT2D eigenvalue weighted by Gasteiger charge is 2.37. The van der Waals surface area contributed by atoms with Crippen molar-refractivity contribution in [3.63, 3.8) is 0 Å². The van der Waals surface area contributed by atoms with E-state index in [0.29, 0.717) is 11.6 Å². The minimum Gasteiger partial charge on any atom is -0.477 e. The van der Waals surface area contributed by atoms with E-state index in [4.69, 9.17) is 4.74 Å². The molecule has 1 aromatic heterocycles. The molecule has 0 amide bonds. The highest BCUT2D eigenvalue weighted by atomic mass is 19.3. The van der Waals surface area contributed by atoms with Crippen molar-refractivity contribution >= 4 is 16.9 Å². The van der Waals surface area contributed by atoms with E-state index in [1.165, 1.54) is 6.20 Å². The largest absolute Gasteiger partial charge is 0.477 e. The van der Waals surface area contributed by atoms with E-state index in [1.807, 2.05) is 0 Å². The molecule has 3 aliphatic rings. The van der Waals surface area contributed by atoms with Crippen molar-refractivity contribution in [1.82, 2.24) is 14.8 Å². The third-order valence-corrected chi connectivity index (χ3v) is 6.48. The summed E-state index contributed by atoms with van der Waals surface area (Å²) in [6.45, 7) is 0.388. The van der Waals surface area contributed by atoms with E-state index in [0.717, 1.165) is 45.4 Å². The SMILES string of the molecule is O=C(O)c1cn(C2CC2)c2c(OC(F)F)c(C3CC4CNCCN4C3)ccc2c1=O. The first-order valence-corrected chi connectivity index (χ1v) is 10.3. The molecule has 2 aliphatic heterocycles. The fourth-order valence-electron chi connectivity index (χ4n) is 4.95. The number of nitrogens with one attached hydrogen (secondary N) is 1. The second-order valence-corrected chi connectivity index (χ2v) is 8.36. The highest BCUT2D eigenvalue weighted by Crippen LogP contribution is 2.44. The molecule has 30 heavy (non-hydrogen) atoms. The number of benzene rings is 1. The number of fused-ring (bicyclic) bond motifs is 2. The van der Waals surface area contributed by atoms with Gasteiger partial charge in [0, 0.05) is 55.9 Å². The molecule has 3 fully saturated rings. The number of alkyl halides is 2. The Morgan fingerprint density at radius 2 is 2.07 bits per heavy atom. The molecule has 160 valence electrons. The molecular formula is C21H23F2N3O4. The maximum atomic E-state index is 13.4. The van der Waals surface area contributed by atoms with Crippen LogP contribution < -0.4 is 15.5 Å². The van der Waals surface area contributed by atoms with Crippen LogP contribution in [0.15, 0.2) is 23.1 Å². The lowest BCUT2D eigenvalue weighted by Gasteiger charge is -2.29. The summed E-state index contributed by atoms with van der Waals surface area (Å²) in [4.78, 5) is 26.7. The Kier molecular flexibility index (Phi) is 4.74. The van der Waals surface area contributed by atoms with Crippen LogP contribution in [0, 0.1) is 0 Å². The second kappa shape index (κ2) is 7.31. The van der Waals surface area contributed by atoms with Crippen molar-refractivity contribution in [3.8, 4) is 5.75 Å². The number of aromatic carboxylic acids is 1. The zero-order chi connectivity index (χ0) is 21.0. The summed E-state index contributed by atoms with van der Waals surface area (Å²) in [5.41, 5.74) is -0.0790. The van der Waals surface area contributed by atoms with Crippen molar-refractivity contribution in [3.05, 3.63) is 39.7 Å². The molecule has 0 radical (unpaired) electrons. The molecule has 3 heterocycles. The van der Waals surface area contributed by atoms with E-state index >= 15 is 0 Å². The normalized spacial score (nSPS) is 24.4. The Morgan fingerprint density at radius 1 is 1.27 bits per heavy atom. The van der Waals surface area contributed by atoms with Crippen LogP contribution >= 0.6 is 0 Å². The third-order valence-electron chi connectivity index (χ3n) is 6.48. The molecule has 0 spiro atoms. The minimum atomic E-state index is -3.04. The van der Waals surface area contributed by atoms with Gasteiger partial charge in [0.05, 0.1) is 10.9 Å². The highest BCUT2D eigenvalue weighted by molar-refractivity contribution is 5.95. The van der Waals surface area contributed by atoms with Crippen LogP contribution in [0.5, 0.6) is 5.75 Å². The van der Waals surface area contributed by atoms with E-state index < -0.39 is 18.0 Å². The molecule has 1 aliphatic carbocycles.